The lowest BCUT2D eigenvalue weighted by atomic mass is 10.2. The van der Waals surface area contributed by atoms with Crippen LogP contribution in [0.2, 0.25) is 0 Å². The zero-order chi connectivity index (χ0) is 14.0. The van der Waals surface area contributed by atoms with Crippen LogP contribution in [0.5, 0.6) is 11.5 Å². The fourth-order valence-electron chi connectivity index (χ4n) is 1.08. The molecule has 0 saturated heterocycles. The van der Waals surface area contributed by atoms with E-state index in [1.54, 1.807) is 0 Å². The summed E-state index contributed by atoms with van der Waals surface area (Å²) in [5.74, 6) is -0.311. The highest BCUT2D eigenvalue weighted by Crippen LogP contribution is 2.24. The van der Waals surface area contributed by atoms with Gasteiger partial charge in [0.05, 0.1) is 18.1 Å². The van der Waals surface area contributed by atoms with E-state index in [-0.39, 0.29) is 17.1 Å². The van der Waals surface area contributed by atoms with Crippen LogP contribution in [-0.2, 0) is 20.2 Å². The van der Waals surface area contributed by atoms with E-state index in [1.165, 1.54) is 6.07 Å². The minimum atomic E-state index is -3.78. The van der Waals surface area contributed by atoms with Crippen molar-refractivity contribution < 1.29 is 30.0 Å². The van der Waals surface area contributed by atoms with Gasteiger partial charge in [-0.2, -0.15) is 16.8 Å². The van der Waals surface area contributed by atoms with Gasteiger partial charge >= 0.3 is 20.2 Å². The van der Waals surface area contributed by atoms with Gasteiger partial charge in [-0.1, -0.05) is 0 Å². The summed E-state index contributed by atoms with van der Waals surface area (Å²) in [5.41, 5.74) is -0.137. The molecule has 0 heterocycles. The molecule has 1 rings (SSSR count). The maximum absolute atomic E-state index is 10.9. The Morgan fingerprint density at radius 2 is 1.56 bits per heavy atom. The summed E-state index contributed by atoms with van der Waals surface area (Å²) in [4.78, 5) is 10.8. The molecule has 0 atom stereocenters. The summed E-state index contributed by atoms with van der Waals surface area (Å²) in [6, 6.07) is 3.37. The third kappa shape index (κ3) is 4.72. The van der Waals surface area contributed by atoms with Crippen molar-refractivity contribution in [3.05, 3.63) is 23.8 Å². The van der Waals surface area contributed by atoms with Gasteiger partial charge in [0.25, 0.3) is 0 Å². The van der Waals surface area contributed by atoms with Crippen LogP contribution >= 0.6 is 0 Å². The molecule has 1 aromatic carbocycles. The first kappa shape index (κ1) is 14.5. The van der Waals surface area contributed by atoms with Crippen molar-refractivity contribution in [2.45, 2.75) is 0 Å². The number of hydrogen-bond donors (Lipinski definition) is 0. The van der Waals surface area contributed by atoms with Gasteiger partial charge in [0.1, 0.15) is 5.75 Å². The maximum atomic E-state index is 10.9. The largest absolute Gasteiger partial charge is 0.383 e. The number of carbonyl (C=O) groups excluding carboxylic acids is 1. The SMILES string of the molecule is CS(=O)(=O)Oc1ccc(OS(C)(=O)=O)c(C=O)c1. The average Bonchev–Trinajstić information content (AvgIpc) is 2.16. The van der Waals surface area contributed by atoms with Crippen LogP contribution < -0.4 is 8.37 Å². The van der Waals surface area contributed by atoms with Crippen molar-refractivity contribution in [1.82, 2.24) is 0 Å². The molecule has 7 nitrogen and oxygen atoms in total. The molecule has 0 fully saturated rings. The molecule has 0 aliphatic carbocycles. The van der Waals surface area contributed by atoms with E-state index in [9.17, 15) is 21.6 Å². The molecule has 0 aromatic heterocycles. The van der Waals surface area contributed by atoms with Gasteiger partial charge in [0, 0.05) is 0 Å². The Morgan fingerprint density at radius 1 is 1.00 bits per heavy atom. The van der Waals surface area contributed by atoms with Crippen molar-refractivity contribution in [2.75, 3.05) is 12.5 Å². The second-order valence-electron chi connectivity index (χ2n) is 3.39. The summed E-state index contributed by atoms with van der Waals surface area (Å²) in [7, 11) is -7.50. The van der Waals surface area contributed by atoms with Gasteiger partial charge in [-0.15, -0.1) is 0 Å². The van der Waals surface area contributed by atoms with Crippen molar-refractivity contribution in [2.24, 2.45) is 0 Å². The number of aldehydes is 1. The quantitative estimate of drug-likeness (QED) is 0.563. The lowest BCUT2D eigenvalue weighted by Crippen LogP contribution is -2.09. The normalized spacial score (nSPS) is 11.9. The maximum Gasteiger partial charge on any atom is 0.306 e. The third-order valence-corrected chi connectivity index (χ3v) is 2.57. The Morgan fingerprint density at radius 3 is 2.00 bits per heavy atom. The number of benzene rings is 1. The Bertz CT molecular complexity index is 658. The van der Waals surface area contributed by atoms with Crippen LogP contribution in [0.3, 0.4) is 0 Å². The van der Waals surface area contributed by atoms with E-state index < -0.39 is 20.2 Å². The summed E-state index contributed by atoms with van der Waals surface area (Å²) in [6.45, 7) is 0. The Kier molecular flexibility index (Phi) is 3.97. The highest BCUT2D eigenvalue weighted by atomic mass is 32.2. The monoisotopic (exact) mass is 294 g/mol. The average molecular weight is 294 g/mol. The number of carbonyl (C=O) groups is 1. The predicted molar refractivity (Wildman–Crippen MR) is 62.8 cm³/mol. The molecule has 0 radical (unpaired) electrons. The second kappa shape index (κ2) is 4.94. The van der Waals surface area contributed by atoms with Crippen LogP contribution in [-0.4, -0.2) is 35.6 Å². The summed E-state index contributed by atoms with van der Waals surface area (Å²) < 4.78 is 52.7. The van der Waals surface area contributed by atoms with E-state index in [2.05, 4.69) is 8.37 Å². The standard InChI is InChI=1S/C9H10O7S2/c1-17(11,12)15-8-3-4-9(7(5-8)6-10)16-18(2,13)14/h3-6H,1-2H3. The molecule has 0 bridgehead atoms. The Balaban J connectivity index is 3.16. The molecule has 0 N–H and O–H groups in total. The van der Waals surface area contributed by atoms with Gasteiger partial charge in [0.15, 0.2) is 12.0 Å². The van der Waals surface area contributed by atoms with Gasteiger partial charge < -0.3 is 8.37 Å². The zero-order valence-electron chi connectivity index (χ0n) is 9.48. The summed E-state index contributed by atoms with van der Waals surface area (Å²) in [6.07, 6.45) is 1.99. The molecule has 0 unspecified atom stereocenters. The molecule has 0 spiro atoms. The molecule has 0 saturated carbocycles. The molecule has 0 aliphatic rings. The van der Waals surface area contributed by atoms with Crippen LogP contribution in [0.1, 0.15) is 10.4 Å². The first-order valence-corrected chi connectivity index (χ1v) is 8.12. The fraction of sp³-hybridized carbons (Fsp3) is 0.222. The van der Waals surface area contributed by atoms with Crippen molar-refractivity contribution >= 4 is 26.5 Å². The Labute approximate surface area is 105 Å². The van der Waals surface area contributed by atoms with Crippen LogP contribution in [0.4, 0.5) is 0 Å². The van der Waals surface area contributed by atoms with Gasteiger partial charge in [0.2, 0.25) is 0 Å². The van der Waals surface area contributed by atoms with Crippen LogP contribution in [0.15, 0.2) is 18.2 Å². The zero-order valence-corrected chi connectivity index (χ0v) is 11.1. The molecule has 18 heavy (non-hydrogen) atoms. The minimum Gasteiger partial charge on any atom is -0.383 e. The number of rotatable bonds is 5. The molecular formula is C9H10O7S2. The summed E-state index contributed by atoms with van der Waals surface area (Å²) >= 11 is 0. The molecular weight excluding hydrogens is 284 g/mol. The Hall–Kier alpha value is -1.61. The first-order chi connectivity index (χ1) is 8.11. The molecule has 1 aromatic rings. The van der Waals surface area contributed by atoms with E-state index in [0.29, 0.717) is 6.29 Å². The van der Waals surface area contributed by atoms with E-state index in [0.717, 1.165) is 24.6 Å². The fourth-order valence-corrected chi connectivity index (χ4v) is 2.02. The second-order valence-corrected chi connectivity index (χ2v) is 6.54. The summed E-state index contributed by atoms with van der Waals surface area (Å²) in [5, 5.41) is 0. The minimum absolute atomic E-state index is 0.111. The number of hydrogen-bond acceptors (Lipinski definition) is 7. The molecule has 9 heteroatoms. The van der Waals surface area contributed by atoms with Crippen molar-refractivity contribution in [1.29, 1.82) is 0 Å². The first-order valence-electron chi connectivity index (χ1n) is 4.49. The van der Waals surface area contributed by atoms with Gasteiger partial charge in [-0.05, 0) is 18.2 Å². The lowest BCUT2D eigenvalue weighted by Gasteiger charge is -2.07. The molecule has 100 valence electrons. The van der Waals surface area contributed by atoms with Gasteiger partial charge in [-0.3, -0.25) is 4.79 Å². The van der Waals surface area contributed by atoms with Crippen LogP contribution in [0, 0.1) is 0 Å². The topological polar surface area (TPSA) is 104 Å². The smallest absolute Gasteiger partial charge is 0.306 e. The molecule has 0 amide bonds. The lowest BCUT2D eigenvalue weighted by molar-refractivity contribution is 0.112. The van der Waals surface area contributed by atoms with E-state index in [4.69, 9.17) is 0 Å². The predicted octanol–water partition coefficient (Wildman–Crippen LogP) is 0.176. The third-order valence-electron chi connectivity index (χ3n) is 1.60. The highest BCUT2D eigenvalue weighted by molar-refractivity contribution is 7.86. The van der Waals surface area contributed by atoms with Crippen LogP contribution in [0.25, 0.3) is 0 Å². The van der Waals surface area contributed by atoms with Gasteiger partial charge in [-0.25, -0.2) is 0 Å². The van der Waals surface area contributed by atoms with E-state index in [1.807, 2.05) is 0 Å². The van der Waals surface area contributed by atoms with Crippen molar-refractivity contribution in [3.8, 4) is 11.5 Å². The van der Waals surface area contributed by atoms with E-state index >= 15 is 0 Å². The van der Waals surface area contributed by atoms with Crippen molar-refractivity contribution in [3.63, 3.8) is 0 Å². The molecule has 0 aliphatic heterocycles. The highest BCUT2D eigenvalue weighted by Gasteiger charge is 2.12.